The molecule has 0 amide bonds. The van der Waals surface area contributed by atoms with E-state index in [1.165, 1.54) is 19.2 Å². The average molecular weight is 429 g/mol. The summed E-state index contributed by atoms with van der Waals surface area (Å²) in [6, 6.07) is 12.9. The van der Waals surface area contributed by atoms with E-state index in [1.807, 2.05) is 0 Å². The molecule has 4 rings (SSSR count). The Morgan fingerprint density at radius 3 is 2.35 bits per heavy atom. The van der Waals surface area contributed by atoms with E-state index in [9.17, 15) is 14.3 Å². The molecule has 0 aromatic heterocycles. The average Bonchev–Trinajstić information content (AvgIpc) is 3.16. The van der Waals surface area contributed by atoms with Gasteiger partial charge in [0.15, 0.2) is 0 Å². The summed E-state index contributed by atoms with van der Waals surface area (Å²) in [7, 11) is 1.35. The molecular formula is C24H28FNO5. The van der Waals surface area contributed by atoms with Crippen LogP contribution in [0.3, 0.4) is 0 Å². The van der Waals surface area contributed by atoms with Gasteiger partial charge >= 0.3 is 5.97 Å². The zero-order chi connectivity index (χ0) is 21.8. The first kappa shape index (κ1) is 21.6. The van der Waals surface area contributed by atoms with E-state index < -0.39 is 6.10 Å². The molecule has 166 valence electrons. The lowest BCUT2D eigenvalue weighted by Crippen LogP contribution is -2.42. The van der Waals surface area contributed by atoms with Crippen molar-refractivity contribution in [2.75, 3.05) is 33.4 Å². The van der Waals surface area contributed by atoms with Crippen molar-refractivity contribution < 1.29 is 28.5 Å². The van der Waals surface area contributed by atoms with Gasteiger partial charge in [-0.1, -0.05) is 0 Å². The summed E-state index contributed by atoms with van der Waals surface area (Å²) < 4.78 is 29.5. The van der Waals surface area contributed by atoms with Gasteiger partial charge in [-0.2, -0.15) is 0 Å². The number of benzene rings is 2. The Labute approximate surface area is 181 Å². The minimum atomic E-state index is -0.517. The first-order chi connectivity index (χ1) is 15.0. The second-order valence-electron chi connectivity index (χ2n) is 8.29. The zero-order valence-corrected chi connectivity index (χ0v) is 17.6. The Kier molecular flexibility index (Phi) is 6.73. The number of aliphatic hydroxyl groups excluding tert-OH is 1. The third kappa shape index (κ3) is 5.35. The summed E-state index contributed by atoms with van der Waals surface area (Å²) in [5, 5.41) is 10.6. The maximum atomic E-state index is 13.0. The van der Waals surface area contributed by atoms with Gasteiger partial charge in [0.25, 0.3) is 0 Å². The summed E-state index contributed by atoms with van der Waals surface area (Å²) in [6.45, 7) is 3.22. The van der Waals surface area contributed by atoms with Crippen LogP contribution in [-0.4, -0.2) is 61.5 Å². The predicted octanol–water partition coefficient (Wildman–Crippen LogP) is 3.14. The summed E-state index contributed by atoms with van der Waals surface area (Å²) in [5.41, 5.74) is 0.466. The van der Waals surface area contributed by atoms with Crippen LogP contribution in [0, 0.1) is 17.7 Å². The lowest BCUT2D eigenvalue weighted by atomic mass is 9.78. The largest absolute Gasteiger partial charge is 0.492 e. The molecular weight excluding hydrogens is 401 g/mol. The van der Waals surface area contributed by atoms with Crippen molar-refractivity contribution in [3.8, 4) is 11.5 Å². The number of ether oxygens (including phenoxy) is 3. The minimum Gasteiger partial charge on any atom is -0.492 e. The fraction of sp³-hybridized carbons (Fsp3) is 0.458. The van der Waals surface area contributed by atoms with E-state index in [-0.39, 0.29) is 17.9 Å². The molecule has 0 radical (unpaired) electrons. The molecule has 1 N–H and O–H groups in total. The van der Waals surface area contributed by atoms with Gasteiger partial charge < -0.3 is 19.3 Å². The molecule has 0 bridgehead atoms. The van der Waals surface area contributed by atoms with Crippen LogP contribution in [0.1, 0.15) is 23.2 Å². The summed E-state index contributed by atoms with van der Waals surface area (Å²) in [5.74, 6) is 1.56. The normalized spacial score (nSPS) is 25.6. The third-order valence-corrected chi connectivity index (χ3v) is 6.21. The number of rotatable bonds is 7. The molecule has 4 atom stereocenters. The fourth-order valence-electron chi connectivity index (χ4n) is 4.58. The van der Waals surface area contributed by atoms with Gasteiger partial charge in [-0.15, -0.1) is 0 Å². The predicted molar refractivity (Wildman–Crippen MR) is 113 cm³/mol. The quantitative estimate of drug-likeness (QED) is 0.682. The van der Waals surface area contributed by atoms with Crippen molar-refractivity contribution in [3.05, 3.63) is 59.9 Å². The van der Waals surface area contributed by atoms with Gasteiger partial charge in [0.05, 0.1) is 18.8 Å². The molecule has 6 nitrogen and oxygen atoms in total. The molecule has 2 aromatic rings. The number of hydrogen-bond acceptors (Lipinski definition) is 6. The van der Waals surface area contributed by atoms with Gasteiger partial charge in [-0.25, -0.2) is 9.18 Å². The van der Waals surface area contributed by atoms with Gasteiger partial charge in [0.1, 0.15) is 30.0 Å². The Morgan fingerprint density at radius 1 is 1.03 bits per heavy atom. The number of fused-ring (bicyclic) bond motifs is 1. The molecule has 1 aliphatic carbocycles. The first-order valence-corrected chi connectivity index (χ1v) is 10.7. The number of methoxy groups -OCH3 is 1. The van der Waals surface area contributed by atoms with Crippen LogP contribution in [0.25, 0.3) is 0 Å². The maximum absolute atomic E-state index is 13.0. The SMILES string of the molecule is COC(=O)c1ccc(O[C@@H]2C[C@@H]3CN(CCOc4ccc(F)cc4)C[C@@H]3C[C@H]2O)cc1. The van der Waals surface area contributed by atoms with Crippen molar-refractivity contribution in [1.29, 1.82) is 0 Å². The maximum Gasteiger partial charge on any atom is 0.337 e. The molecule has 1 heterocycles. The molecule has 2 aliphatic rings. The highest BCUT2D eigenvalue weighted by Gasteiger charge is 2.42. The van der Waals surface area contributed by atoms with E-state index >= 15 is 0 Å². The van der Waals surface area contributed by atoms with Crippen LogP contribution < -0.4 is 9.47 Å². The molecule has 0 spiro atoms. The van der Waals surface area contributed by atoms with E-state index in [1.54, 1.807) is 36.4 Å². The molecule has 1 saturated carbocycles. The third-order valence-electron chi connectivity index (χ3n) is 6.21. The van der Waals surface area contributed by atoms with Gasteiger partial charge in [0, 0.05) is 19.6 Å². The lowest BCUT2D eigenvalue weighted by Gasteiger charge is -2.35. The van der Waals surface area contributed by atoms with Gasteiger partial charge in [0.2, 0.25) is 0 Å². The van der Waals surface area contributed by atoms with Gasteiger partial charge in [-0.3, -0.25) is 4.90 Å². The van der Waals surface area contributed by atoms with Crippen LogP contribution in [0.15, 0.2) is 48.5 Å². The molecule has 2 fully saturated rings. The number of carbonyl (C=O) groups excluding carboxylic acids is 1. The topological polar surface area (TPSA) is 68.2 Å². The van der Waals surface area contributed by atoms with Crippen molar-refractivity contribution in [1.82, 2.24) is 4.90 Å². The molecule has 0 unspecified atom stereocenters. The van der Waals surface area contributed by atoms with Crippen LogP contribution in [0.5, 0.6) is 11.5 Å². The molecule has 31 heavy (non-hydrogen) atoms. The van der Waals surface area contributed by atoms with E-state index in [4.69, 9.17) is 14.2 Å². The standard InChI is InChI=1S/C24H28FNO5/c1-29-24(28)16-2-6-21(7-3-16)31-23-13-18-15-26(14-17(18)12-22(23)27)10-11-30-20-8-4-19(25)5-9-20/h2-9,17-18,22-23,27H,10-15H2,1H3/t17-,18+,22+,23+/m0/s1. The zero-order valence-electron chi connectivity index (χ0n) is 17.6. The Hall–Kier alpha value is -2.64. The number of esters is 1. The summed E-state index contributed by atoms with van der Waals surface area (Å²) in [4.78, 5) is 13.9. The van der Waals surface area contributed by atoms with E-state index in [0.717, 1.165) is 26.1 Å². The number of halogens is 1. The van der Waals surface area contributed by atoms with Crippen molar-refractivity contribution >= 4 is 5.97 Å². The smallest absolute Gasteiger partial charge is 0.337 e. The second-order valence-corrected chi connectivity index (χ2v) is 8.29. The van der Waals surface area contributed by atoms with Crippen LogP contribution in [0.2, 0.25) is 0 Å². The molecule has 1 saturated heterocycles. The van der Waals surface area contributed by atoms with Gasteiger partial charge in [-0.05, 0) is 73.2 Å². The lowest BCUT2D eigenvalue weighted by molar-refractivity contribution is -0.0231. The molecule has 1 aliphatic heterocycles. The first-order valence-electron chi connectivity index (χ1n) is 10.7. The van der Waals surface area contributed by atoms with Crippen LogP contribution >= 0.6 is 0 Å². The number of nitrogens with zero attached hydrogens (tertiary/aromatic N) is 1. The minimum absolute atomic E-state index is 0.263. The number of likely N-dealkylation sites (tertiary alicyclic amines) is 1. The Bertz CT molecular complexity index is 873. The Morgan fingerprint density at radius 2 is 1.68 bits per heavy atom. The highest BCUT2D eigenvalue weighted by molar-refractivity contribution is 5.89. The monoisotopic (exact) mass is 429 g/mol. The fourth-order valence-corrected chi connectivity index (χ4v) is 4.58. The number of aliphatic hydroxyl groups is 1. The molecule has 7 heteroatoms. The van der Waals surface area contributed by atoms with Crippen molar-refractivity contribution in [2.45, 2.75) is 25.0 Å². The Balaban J connectivity index is 1.26. The van der Waals surface area contributed by atoms with E-state index in [2.05, 4.69) is 4.90 Å². The van der Waals surface area contributed by atoms with Crippen LogP contribution in [-0.2, 0) is 4.74 Å². The number of carbonyl (C=O) groups is 1. The number of hydrogen-bond donors (Lipinski definition) is 1. The highest BCUT2D eigenvalue weighted by atomic mass is 19.1. The van der Waals surface area contributed by atoms with Crippen LogP contribution in [0.4, 0.5) is 4.39 Å². The summed E-state index contributed by atoms with van der Waals surface area (Å²) in [6.07, 6.45) is 0.725. The highest BCUT2D eigenvalue weighted by Crippen LogP contribution is 2.38. The second kappa shape index (κ2) is 9.66. The summed E-state index contributed by atoms with van der Waals surface area (Å²) >= 11 is 0. The molecule has 2 aromatic carbocycles. The van der Waals surface area contributed by atoms with Crippen molar-refractivity contribution in [2.24, 2.45) is 11.8 Å². The van der Waals surface area contributed by atoms with Crippen molar-refractivity contribution in [3.63, 3.8) is 0 Å². The van der Waals surface area contributed by atoms with E-state index in [0.29, 0.717) is 41.9 Å².